The topological polar surface area (TPSA) is 20.3 Å². The monoisotopic (exact) mass is 381 g/mol. The van der Waals surface area contributed by atoms with E-state index in [0.717, 1.165) is 42.3 Å². The molecule has 2 aromatic rings. The van der Waals surface area contributed by atoms with Crippen LogP contribution in [0.3, 0.4) is 0 Å². The van der Waals surface area contributed by atoms with E-state index in [1.165, 1.54) is 57.8 Å². The van der Waals surface area contributed by atoms with Gasteiger partial charge in [0.1, 0.15) is 0 Å². The molecule has 2 aromatic carbocycles. The summed E-state index contributed by atoms with van der Waals surface area (Å²) >= 11 is 0. The predicted molar refractivity (Wildman–Crippen MR) is 122 cm³/mol. The van der Waals surface area contributed by atoms with Crippen LogP contribution in [0, 0.1) is 0 Å². The average Bonchev–Trinajstić information content (AvgIpc) is 2.73. The lowest BCUT2D eigenvalue weighted by atomic mass is 10.0. The number of nitrogens with zero attached hydrogens (tertiary/aromatic N) is 1. The SMILES string of the molecule is CCCCCCCCN(CCCCCCC)C(=O)c1cccc2ccccc12. The standard InChI is InChI=1S/C26H39NO/c1-3-5-7-9-11-15-22-27(21-14-10-8-6-4-2)26(28)25-20-16-18-23-17-12-13-19-24(23)25/h12-13,16-20H,3-11,14-15,21-22H2,1-2H3. The second-order valence-corrected chi connectivity index (χ2v) is 8.00. The highest BCUT2D eigenvalue weighted by Gasteiger charge is 2.17. The van der Waals surface area contributed by atoms with Gasteiger partial charge in [0, 0.05) is 18.7 Å². The first kappa shape index (κ1) is 22.5. The van der Waals surface area contributed by atoms with Crippen LogP contribution in [0.5, 0.6) is 0 Å². The van der Waals surface area contributed by atoms with Crippen molar-refractivity contribution in [3.63, 3.8) is 0 Å². The van der Waals surface area contributed by atoms with Crippen molar-refractivity contribution in [2.75, 3.05) is 13.1 Å². The maximum Gasteiger partial charge on any atom is 0.254 e. The molecule has 0 aliphatic heterocycles. The third-order valence-corrected chi connectivity index (χ3v) is 5.62. The second-order valence-electron chi connectivity index (χ2n) is 8.00. The van der Waals surface area contributed by atoms with Gasteiger partial charge in [-0.1, -0.05) is 108 Å². The van der Waals surface area contributed by atoms with Gasteiger partial charge in [0.25, 0.3) is 5.91 Å². The number of hydrogen-bond donors (Lipinski definition) is 0. The number of hydrogen-bond acceptors (Lipinski definition) is 1. The smallest absolute Gasteiger partial charge is 0.254 e. The van der Waals surface area contributed by atoms with Crippen LogP contribution in [0.1, 0.15) is 94.8 Å². The predicted octanol–water partition coefficient (Wildman–Crippen LogP) is 7.61. The molecule has 28 heavy (non-hydrogen) atoms. The Morgan fingerprint density at radius 1 is 0.679 bits per heavy atom. The van der Waals surface area contributed by atoms with Crippen molar-refractivity contribution in [3.8, 4) is 0 Å². The minimum Gasteiger partial charge on any atom is -0.339 e. The fourth-order valence-corrected chi connectivity index (χ4v) is 3.89. The first-order valence-corrected chi connectivity index (χ1v) is 11.5. The lowest BCUT2D eigenvalue weighted by molar-refractivity contribution is 0.0751. The highest BCUT2D eigenvalue weighted by molar-refractivity contribution is 6.07. The molecular weight excluding hydrogens is 342 g/mol. The number of fused-ring (bicyclic) bond motifs is 1. The summed E-state index contributed by atoms with van der Waals surface area (Å²) in [4.78, 5) is 15.5. The fraction of sp³-hybridized carbons (Fsp3) is 0.577. The van der Waals surface area contributed by atoms with Crippen molar-refractivity contribution in [3.05, 3.63) is 48.0 Å². The van der Waals surface area contributed by atoms with Crippen LogP contribution in [-0.2, 0) is 0 Å². The van der Waals surface area contributed by atoms with Crippen molar-refractivity contribution in [2.45, 2.75) is 84.5 Å². The molecule has 0 saturated heterocycles. The molecule has 0 N–H and O–H groups in total. The molecule has 0 aliphatic carbocycles. The fourth-order valence-electron chi connectivity index (χ4n) is 3.89. The Kier molecular flexibility index (Phi) is 10.7. The molecule has 0 unspecified atom stereocenters. The van der Waals surface area contributed by atoms with Crippen LogP contribution in [0.4, 0.5) is 0 Å². The summed E-state index contributed by atoms with van der Waals surface area (Å²) in [5.41, 5.74) is 0.859. The number of carbonyl (C=O) groups is 1. The number of carbonyl (C=O) groups excluding carboxylic acids is 1. The third kappa shape index (κ3) is 7.30. The lowest BCUT2D eigenvalue weighted by Crippen LogP contribution is -2.33. The van der Waals surface area contributed by atoms with E-state index >= 15 is 0 Å². The van der Waals surface area contributed by atoms with E-state index in [4.69, 9.17) is 0 Å². The molecule has 0 spiro atoms. The number of rotatable bonds is 14. The van der Waals surface area contributed by atoms with Gasteiger partial charge in [-0.25, -0.2) is 0 Å². The quantitative estimate of drug-likeness (QED) is 0.308. The van der Waals surface area contributed by atoms with E-state index in [1.54, 1.807) is 0 Å². The summed E-state index contributed by atoms with van der Waals surface area (Å²) in [7, 11) is 0. The van der Waals surface area contributed by atoms with Gasteiger partial charge in [0.15, 0.2) is 0 Å². The maximum atomic E-state index is 13.4. The molecule has 2 nitrogen and oxygen atoms in total. The highest BCUT2D eigenvalue weighted by Crippen LogP contribution is 2.21. The Bertz CT molecular complexity index is 688. The minimum atomic E-state index is 0.209. The number of unbranched alkanes of at least 4 members (excludes halogenated alkanes) is 9. The maximum absolute atomic E-state index is 13.4. The van der Waals surface area contributed by atoms with Gasteiger partial charge in [0.2, 0.25) is 0 Å². The molecule has 0 heterocycles. The second kappa shape index (κ2) is 13.4. The van der Waals surface area contributed by atoms with Gasteiger partial charge < -0.3 is 4.90 Å². The molecule has 1 amide bonds. The van der Waals surface area contributed by atoms with Gasteiger partial charge >= 0.3 is 0 Å². The molecule has 0 fully saturated rings. The first-order chi connectivity index (χ1) is 13.8. The van der Waals surface area contributed by atoms with E-state index in [-0.39, 0.29) is 5.91 Å². The molecule has 0 atom stereocenters. The number of benzene rings is 2. The van der Waals surface area contributed by atoms with Crippen LogP contribution in [0.15, 0.2) is 42.5 Å². The van der Waals surface area contributed by atoms with E-state index in [1.807, 2.05) is 24.3 Å². The average molecular weight is 382 g/mol. The van der Waals surface area contributed by atoms with Crippen molar-refractivity contribution in [1.82, 2.24) is 4.90 Å². The summed E-state index contributed by atoms with van der Waals surface area (Å²) in [6.45, 7) is 6.28. The van der Waals surface area contributed by atoms with Gasteiger partial charge in [-0.05, 0) is 29.7 Å². The Balaban J connectivity index is 2.00. The Morgan fingerprint density at radius 3 is 1.86 bits per heavy atom. The van der Waals surface area contributed by atoms with Gasteiger partial charge in [0.05, 0.1) is 0 Å². The summed E-state index contributed by atoms with van der Waals surface area (Å²) in [6.07, 6.45) is 13.8. The summed E-state index contributed by atoms with van der Waals surface area (Å²) < 4.78 is 0. The molecule has 0 saturated carbocycles. The minimum absolute atomic E-state index is 0.209. The van der Waals surface area contributed by atoms with Gasteiger partial charge in [-0.3, -0.25) is 4.79 Å². The largest absolute Gasteiger partial charge is 0.339 e. The van der Waals surface area contributed by atoms with Gasteiger partial charge in [-0.2, -0.15) is 0 Å². The van der Waals surface area contributed by atoms with Crippen molar-refractivity contribution in [1.29, 1.82) is 0 Å². The first-order valence-electron chi connectivity index (χ1n) is 11.5. The van der Waals surface area contributed by atoms with Gasteiger partial charge in [-0.15, -0.1) is 0 Å². The molecule has 0 radical (unpaired) electrons. The van der Waals surface area contributed by atoms with E-state index < -0.39 is 0 Å². The molecule has 0 aliphatic rings. The summed E-state index contributed by atoms with van der Waals surface area (Å²) in [6, 6.07) is 14.3. The molecule has 0 aromatic heterocycles. The van der Waals surface area contributed by atoms with Crippen LogP contribution >= 0.6 is 0 Å². The normalized spacial score (nSPS) is 11.1. The van der Waals surface area contributed by atoms with Crippen LogP contribution < -0.4 is 0 Å². The highest BCUT2D eigenvalue weighted by atomic mass is 16.2. The van der Waals surface area contributed by atoms with Crippen molar-refractivity contribution >= 4 is 16.7 Å². The third-order valence-electron chi connectivity index (χ3n) is 5.62. The Labute approximate surface area is 172 Å². The summed E-state index contributed by atoms with van der Waals surface area (Å²) in [5.74, 6) is 0.209. The lowest BCUT2D eigenvalue weighted by Gasteiger charge is -2.24. The summed E-state index contributed by atoms with van der Waals surface area (Å²) in [5, 5.41) is 2.23. The zero-order valence-corrected chi connectivity index (χ0v) is 18.1. The van der Waals surface area contributed by atoms with Crippen LogP contribution in [0.2, 0.25) is 0 Å². The molecular formula is C26H39NO. The van der Waals surface area contributed by atoms with E-state index in [0.29, 0.717) is 0 Å². The van der Waals surface area contributed by atoms with Crippen LogP contribution in [-0.4, -0.2) is 23.9 Å². The Hall–Kier alpha value is -1.83. The van der Waals surface area contributed by atoms with Crippen molar-refractivity contribution < 1.29 is 4.79 Å². The molecule has 2 heteroatoms. The van der Waals surface area contributed by atoms with E-state index in [9.17, 15) is 4.79 Å². The van der Waals surface area contributed by atoms with E-state index in [2.05, 4.69) is 36.9 Å². The molecule has 0 bridgehead atoms. The Morgan fingerprint density at radius 2 is 1.21 bits per heavy atom. The molecule has 154 valence electrons. The van der Waals surface area contributed by atoms with Crippen LogP contribution in [0.25, 0.3) is 10.8 Å². The zero-order valence-electron chi connectivity index (χ0n) is 18.1. The molecule has 2 rings (SSSR count). The zero-order chi connectivity index (χ0) is 20.0. The number of amides is 1. The van der Waals surface area contributed by atoms with Crippen molar-refractivity contribution in [2.24, 2.45) is 0 Å².